The number of nitrogens with zero attached hydrogens (tertiary/aromatic N) is 3. The van der Waals surface area contributed by atoms with Crippen molar-refractivity contribution >= 4 is 29.2 Å². The smallest absolute Gasteiger partial charge is 0.334 e. The Labute approximate surface area is 142 Å². The Kier molecular flexibility index (Phi) is 4.23. The Balaban J connectivity index is 1.82. The van der Waals surface area contributed by atoms with E-state index in [0.29, 0.717) is 17.3 Å². The summed E-state index contributed by atoms with van der Waals surface area (Å²) in [6.45, 7) is 5.63. The predicted octanol–water partition coefficient (Wildman–Crippen LogP) is 2.66. The van der Waals surface area contributed by atoms with E-state index in [1.54, 1.807) is 6.92 Å². The van der Waals surface area contributed by atoms with Gasteiger partial charge < -0.3 is 4.42 Å². The molecule has 0 aliphatic carbocycles. The number of aryl methyl sites for hydroxylation is 1. The third-order valence-electron chi connectivity index (χ3n) is 3.62. The van der Waals surface area contributed by atoms with Crippen LogP contribution in [0, 0.1) is 12.8 Å². The number of urea groups is 1. The van der Waals surface area contributed by atoms with Gasteiger partial charge in [0, 0.05) is 6.54 Å². The molecule has 24 heavy (non-hydrogen) atoms. The minimum atomic E-state index is -0.819. The van der Waals surface area contributed by atoms with Crippen LogP contribution in [-0.2, 0) is 16.1 Å². The highest BCUT2D eigenvalue weighted by Gasteiger charge is 2.44. The van der Waals surface area contributed by atoms with Gasteiger partial charge in [0.25, 0.3) is 0 Å². The fraction of sp³-hybridized carbons (Fsp3) is 0.375. The van der Waals surface area contributed by atoms with E-state index in [0.717, 1.165) is 14.7 Å². The molecule has 0 aromatic carbocycles. The molecule has 4 amide bonds. The molecule has 0 N–H and O–H groups in total. The number of hydrogen-bond donors (Lipinski definition) is 0. The fourth-order valence-corrected chi connectivity index (χ4v) is 3.10. The van der Waals surface area contributed by atoms with Crippen LogP contribution in [0.4, 0.5) is 4.79 Å². The minimum Gasteiger partial charge on any atom is -0.440 e. The highest BCUT2D eigenvalue weighted by atomic mass is 32.1. The van der Waals surface area contributed by atoms with E-state index in [4.69, 9.17) is 4.42 Å². The average Bonchev–Trinajstić information content (AvgIpc) is 3.21. The van der Waals surface area contributed by atoms with E-state index in [2.05, 4.69) is 4.98 Å². The summed E-state index contributed by atoms with van der Waals surface area (Å²) in [7, 11) is 0. The monoisotopic (exact) mass is 347 g/mol. The van der Waals surface area contributed by atoms with Crippen LogP contribution in [0.25, 0.3) is 10.8 Å². The molecule has 0 bridgehead atoms. The molecule has 0 radical (unpaired) electrons. The lowest BCUT2D eigenvalue weighted by atomic mass is 10.2. The summed E-state index contributed by atoms with van der Waals surface area (Å²) in [5.41, 5.74) is 0.472. The molecule has 1 fully saturated rings. The Morgan fingerprint density at radius 3 is 2.54 bits per heavy atom. The van der Waals surface area contributed by atoms with Crippen LogP contribution >= 0.6 is 11.3 Å². The first-order valence-electron chi connectivity index (χ1n) is 7.56. The maximum Gasteiger partial charge on any atom is 0.334 e. The number of thiophene rings is 1. The molecule has 2 aromatic heterocycles. The zero-order chi connectivity index (χ0) is 17.4. The molecule has 0 unspecified atom stereocenters. The molecule has 126 valence electrons. The van der Waals surface area contributed by atoms with Crippen LogP contribution in [0.5, 0.6) is 0 Å². The van der Waals surface area contributed by atoms with Crippen molar-refractivity contribution in [1.29, 1.82) is 0 Å². The summed E-state index contributed by atoms with van der Waals surface area (Å²) < 4.78 is 5.61. The summed E-state index contributed by atoms with van der Waals surface area (Å²) in [5.74, 6) is -0.547. The normalized spacial score (nSPS) is 15.2. The lowest BCUT2D eigenvalue weighted by Crippen LogP contribution is -2.35. The standard InChI is InChI=1S/C16H17N3O4S/c1-9(2)7-18-14(20)15(21)19(16(18)22)8-11-10(3)23-13(17-11)12-5-4-6-24-12/h4-6,9H,7-8H2,1-3H3. The van der Waals surface area contributed by atoms with E-state index in [1.807, 2.05) is 31.4 Å². The summed E-state index contributed by atoms with van der Waals surface area (Å²) >= 11 is 1.48. The zero-order valence-electron chi connectivity index (χ0n) is 13.6. The molecule has 0 saturated carbocycles. The third-order valence-corrected chi connectivity index (χ3v) is 4.47. The van der Waals surface area contributed by atoms with Crippen molar-refractivity contribution in [2.75, 3.05) is 6.54 Å². The van der Waals surface area contributed by atoms with Gasteiger partial charge in [0.05, 0.1) is 11.4 Å². The maximum atomic E-state index is 12.4. The van der Waals surface area contributed by atoms with Gasteiger partial charge in [0.15, 0.2) is 0 Å². The van der Waals surface area contributed by atoms with E-state index in [9.17, 15) is 14.4 Å². The fourth-order valence-electron chi connectivity index (χ4n) is 2.45. The molecule has 1 aliphatic rings. The molecule has 3 heterocycles. The first-order valence-corrected chi connectivity index (χ1v) is 8.44. The molecular weight excluding hydrogens is 330 g/mol. The van der Waals surface area contributed by atoms with Gasteiger partial charge in [0.2, 0.25) is 5.89 Å². The van der Waals surface area contributed by atoms with E-state index in [1.165, 1.54) is 11.3 Å². The molecule has 1 saturated heterocycles. The highest BCUT2D eigenvalue weighted by molar-refractivity contribution is 7.13. The molecule has 0 atom stereocenters. The lowest BCUT2D eigenvalue weighted by molar-refractivity contribution is -0.143. The topological polar surface area (TPSA) is 83.7 Å². The van der Waals surface area contributed by atoms with Crippen molar-refractivity contribution in [2.24, 2.45) is 5.92 Å². The Morgan fingerprint density at radius 1 is 1.21 bits per heavy atom. The molecular formula is C16H17N3O4S. The van der Waals surface area contributed by atoms with Gasteiger partial charge in [-0.3, -0.25) is 14.5 Å². The van der Waals surface area contributed by atoms with Gasteiger partial charge in [-0.1, -0.05) is 19.9 Å². The summed E-state index contributed by atoms with van der Waals surface area (Å²) in [6.07, 6.45) is 0. The highest BCUT2D eigenvalue weighted by Crippen LogP contribution is 2.27. The predicted molar refractivity (Wildman–Crippen MR) is 87.1 cm³/mol. The molecule has 0 spiro atoms. The van der Waals surface area contributed by atoms with Crippen molar-refractivity contribution in [2.45, 2.75) is 27.3 Å². The van der Waals surface area contributed by atoms with Crippen LogP contribution in [0.15, 0.2) is 21.9 Å². The first kappa shape index (κ1) is 16.4. The Bertz CT molecular complexity index is 794. The largest absolute Gasteiger partial charge is 0.440 e. The van der Waals surface area contributed by atoms with Gasteiger partial charge >= 0.3 is 17.8 Å². The number of carbonyl (C=O) groups excluding carboxylic acids is 3. The van der Waals surface area contributed by atoms with Gasteiger partial charge in [-0.15, -0.1) is 11.3 Å². The van der Waals surface area contributed by atoms with Gasteiger partial charge in [-0.2, -0.15) is 0 Å². The second-order valence-electron chi connectivity index (χ2n) is 5.98. The van der Waals surface area contributed by atoms with Crippen molar-refractivity contribution in [1.82, 2.24) is 14.8 Å². The second kappa shape index (κ2) is 6.20. The summed E-state index contributed by atoms with van der Waals surface area (Å²) in [5, 5.41) is 1.91. The van der Waals surface area contributed by atoms with Crippen LogP contribution in [0.1, 0.15) is 25.3 Å². The molecule has 7 nitrogen and oxygen atoms in total. The number of amides is 4. The first-order chi connectivity index (χ1) is 11.4. The van der Waals surface area contributed by atoms with Crippen molar-refractivity contribution in [3.63, 3.8) is 0 Å². The third kappa shape index (κ3) is 2.84. The number of rotatable bonds is 5. The Hall–Kier alpha value is -2.48. The van der Waals surface area contributed by atoms with Crippen molar-refractivity contribution in [3.8, 4) is 10.8 Å². The second-order valence-corrected chi connectivity index (χ2v) is 6.93. The number of hydrogen-bond acceptors (Lipinski definition) is 6. The van der Waals surface area contributed by atoms with Crippen molar-refractivity contribution < 1.29 is 18.8 Å². The van der Waals surface area contributed by atoms with E-state index < -0.39 is 17.8 Å². The van der Waals surface area contributed by atoms with Crippen LogP contribution in [-0.4, -0.2) is 39.2 Å². The number of aromatic nitrogens is 1. The van der Waals surface area contributed by atoms with Crippen LogP contribution < -0.4 is 0 Å². The maximum absolute atomic E-state index is 12.4. The molecule has 1 aliphatic heterocycles. The SMILES string of the molecule is Cc1oc(-c2cccs2)nc1CN1C(=O)C(=O)N(CC(C)C)C1=O. The number of imide groups is 2. The van der Waals surface area contributed by atoms with Crippen LogP contribution in [0.3, 0.4) is 0 Å². The van der Waals surface area contributed by atoms with Gasteiger partial charge in [0.1, 0.15) is 11.5 Å². The lowest BCUT2D eigenvalue weighted by Gasteiger charge is -2.16. The van der Waals surface area contributed by atoms with E-state index >= 15 is 0 Å². The van der Waals surface area contributed by atoms with Gasteiger partial charge in [-0.05, 0) is 24.3 Å². The quantitative estimate of drug-likeness (QED) is 0.613. The minimum absolute atomic E-state index is 0.0707. The average molecular weight is 347 g/mol. The van der Waals surface area contributed by atoms with Gasteiger partial charge in [-0.25, -0.2) is 14.7 Å². The number of oxazole rings is 1. The zero-order valence-corrected chi connectivity index (χ0v) is 14.4. The summed E-state index contributed by atoms with van der Waals surface area (Å²) in [4.78, 5) is 43.6. The Morgan fingerprint density at radius 2 is 1.92 bits per heavy atom. The molecule has 8 heteroatoms. The van der Waals surface area contributed by atoms with Crippen molar-refractivity contribution in [3.05, 3.63) is 29.0 Å². The molecule has 3 rings (SSSR count). The summed E-state index contributed by atoms with van der Waals surface area (Å²) in [6, 6.07) is 3.16. The number of carbonyl (C=O) groups is 3. The molecule has 2 aromatic rings. The van der Waals surface area contributed by atoms with Crippen LogP contribution in [0.2, 0.25) is 0 Å². The van der Waals surface area contributed by atoms with E-state index in [-0.39, 0.29) is 19.0 Å².